The molecule has 1 aliphatic carbocycles. The summed E-state index contributed by atoms with van der Waals surface area (Å²) in [7, 11) is 0. The first-order chi connectivity index (χ1) is 15.0. The molecule has 0 N–H and O–H groups in total. The van der Waals surface area contributed by atoms with E-state index < -0.39 is 0 Å². The zero-order valence-corrected chi connectivity index (χ0v) is 18.4. The van der Waals surface area contributed by atoms with E-state index in [0.29, 0.717) is 23.3 Å². The molecule has 0 saturated carbocycles. The lowest BCUT2D eigenvalue weighted by atomic mass is 9.91. The number of hydrogen-bond acceptors (Lipinski definition) is 4. The van der Waals surface area contributed by atoms with Crippen LogP contribution in [0.3, 0.4) is 0 Å². The molecule has 0 unspecified atom stereocenters. The Labute approximate surface area is 183 Å². The molecule has 6 heteroatoms. The lowest BCUT2D eigenvalue weighted by molar-refractivity contribution is -0.143. The molecule has 1 aliphatic heterocycles. The number of amides is 1. The molecule has 1 amide bonds. The van der Waals surface area contributed by atoms with Crippen molar-refractivity contribution in [3.63, 3.8) is 0 Å². The first kappa shape index (κ1) is 21.3. The van der Waals surface area contributed by atoms with Gasteiger partial charge in [0.2, 0.25) is 0 Å². The monoisotopic (exact) mass is 422 g/mol. The van der Waals surface area contributed by atoms with Crippen LogP contribution in [0.4, 0.5) is 0 Å². The summed E-state index contributed by atoms with van der Waals surface area (Å²) in [6.07, 6.45) is 5.91. The number of hydrogen-bond donors (Lipinski definition) is 0. The second-order valence-electron chi connectivity index (χ2n) is 8.39. The van der Waals surface area contributed by atoms with Crippen molar-refractivity contribution >= 4 is 17.7 Å². The Morgan fingerprint density at radius 3 is 2.26 bits per heavy atom. The van der Waals surface area contributed by atoms with Gasteiger partial charge in [0.15, 0.2) is 5.78 Å². The van der Waals surface area contributed by atoms with Gasteiger partial charge in [-0.25, -0.2) is 0 Å². The maximum absolute atomic E-state index is 13.5. The highest BCUT2D eigenvalue weighted by Gasteiger charge is 2.28. The molecule has 0 atom stereocenters. The molecule has 4 rings (SSSR count). The third-order valence-electron chi connectivity index (χ3n) is 6.44. The number of aromatic nitrogens is 1. The molecule has 2 heterocycles. The molecule has 1 fully saturated rings. The Morgan fingerprint density at radius 1 is 0.935 bits per heavy atom. The summed E-state index contributed by atoms with van der Waals surface area (Å²) in [5.41, 5.74) is 4.87. The number of carbonyl (C=O) groups is 3. The van der Waals surface area contributed by atoms with Crippen molar-refractivity contribution in [1.82, 2.24) is 9.47 Å². The fraction of sp³-hybridized carbons (Fsp3) is 0.480. The molecule has 1 saturated heterocycles. The minimum atomic E-state index is -0.280. The molecule has 1 aromatic carbocycles. The van der Waals surface area contributed by atoms with E-state index in [1.807, 2.05) is 16.4 Å². The van der Waals surface area contributed by atoms with Gasteiger partial charge in [-0.3, -0.25) is 14.4 Å². The van der Waals surface area contributed by atoms with Gasteiger partial charge >= 0.3 is 5.97 Å². The van der Waals surface area contributed by atoms with E-state index in [4.69, 9.17) is 4.74 Å². The number of esters is 1. The summed E-state index contributed by atoms with van der Waals surface area (Å²) < 4.78 is 7.11. The third kappa shape index (κ3) is 4.16. The van der Waals surface area contributed by atoms with Crippen LogP contribution in [0.5, 0.6) is 0 Å². The topological polar surface area (TPSA) is 68.6 Å². The summed E-state index contributed by atoms with van der Waals surface area (Å²) in [4.78, 5) is 40.1. The first-order valence-electron chi connectivity index (χ1n) is 11.3. The fourth-order valence-electron chi connectivity index (χ4n) is 4.87. The number of benzene rings is 1. The van der Waals surface area contributed by atoms with Gasteiger partial charge in [0.1, 0.15) is 6.54 Å². The van der Waals surface area contributed by atoms with Crippen molar-refractivity contribution < 1.29 is 19.1 Å². The number of fused-ring (bicyclic) bond motifs is 1. The van der Waals surface area contributed by atoms with E-state index in [1.165, 1.54) is 0 Å². The van der Waals surface area contributed by atoms with Gasteiger partial charge in [-0.05, 0) is 70.1 Å². The van der Waals surface area contributed by atoms with Crippen LogP contribution in [0.25, 0.3) is 0 Å². The van der Waals surface area contributed by atoms with Crippen LogP contribution in [0.1, 0.15) is 75.8 Å². The quantitative estimate of drug-likeness (QED) is 0.526. The van der Waals surface area contributed by atoms with E-state index in [-0.39, 0.29) is 24.2 Å². The van der Waals surface area contributed by atoms with Gasteiger partial charge in [0.05, 0.1) is 6.61 Å². The summed E-state index contributed by atoms with van der Waals surface area (Å²) in [6, 6.07) is 7.02. The van der Waals surface area contributed by atoms with Crippen LogP contribution in [0.2, 0.25) is 0 Å². The molecule has 0 bridgehead atoms. The van der Waals surface area contributed by atoms with Gasteiger partial charge in [0, 0.05) is 41.2 Å². The maximum atomic E-state index is 13.5. The van der Waals surface area contributed by atoms with Crippen molar-refractivity contribution in [2.45, 2.75) is 58.9 Å². The second kappa shape index (κ2) is 9.08. The smallest absolute Gasteiger partial charge is 0.325 e. The maximum Gasteiger partial charge on any atom is 0.325 e. The van der Waals surface area contributed by atoms with Crippen molar-refractivity contribution in [1.29, 1.82) is 0 Å². The van der Waals surface area contributed by atoms with Crippen molar-refractivity contribution in [2.75, 3.05) is 19.7 Å². The zero-order valence-electron chi connectivity index (χ0n) is 18.4. The Balaban J connectivity index is 1.63. The second-order valence-corrected chi connectivity index (χ2v) is 8.39. The van der Waals surface area contributed by atoms with Crippen LogP contribution >= 0.6 is 0 Å². The van der Waals surface area contributed by atoms with Crippen LogP contribution in [0.15, 0.2) is 24.3 Å². The lowest BCUT2D eigenvalue weighted by Gasteiger charge is -2.16. The SMILES string of the molecule is CCOC(=O)Cn1c(C)c(C(=O)c2ccc(C(=O)N3CCCC3)cc2)c2c1CCCC2. The number of likely N-dealkylation sites (tertiary alicyclic amines) is 1. The Hall–Kier alpha value is -2.89. The van der Waals surface area contributed by atoms with Crippen LogP contribution in [-0.4, -0.2) is 46.8 Å². The van der Waals surface area contributed by atoms with Gasteiger partial charge in [-0.1, -0.05) is 12.1 Å². The van der Waals surface area contributed by atoms with Gasteiger partial charge in [-0.15, -0.1) is 0 Å². The zero-order chi connectivity index (χ0) is 22.0. The molecule has 31 heavy (non-hydrogen) atoms. The number of ketones is 1. The molecule has 0 spiro atoms. The van der Waals surface area contributed by atoms with Gasteiger partial charge < -0.3 is 14.2 Å². The van der Waals surface area contributed by atoms with Crippen molar-refractivity contribution in [2.24, 2.45) is 0 Å². The summed E-state index contributed by atoms with van der Waals surface area (Å²) in [5, 5.41) is 0. The summed E-state index contributed by atoms with van der Waals surface area (Å²) in [5.74, 6) is -0.290. The highest BCUT2D eigenvalue weighted by atomic mass is 16.5. The Kier molecular flexibility index (Phi) is 6.25. The van der Waals surface area contributed by atoms with E-state index >= 15 is 0 Å². The van der Waals surface area contributed by atoms with E-state index in [0.717, 1.165) is 68.6 Å². The van der Waals surface area contributed by atoms with Crippen molar-refractivity contribution in [3.05, 3.63) is 57.9 Å². The van der Waals surface area contributed by atoms with Crippen LogP contribution in [-0.2, 0) is 28.9 Å². The lowest BCUT2D eigenvalue weighted by Crippen LogP contribution is -2.27. The van der Waals surface area contributed by atoms with Crippen LogP contribution < -0.4 is 0 Å². The highest BCUT2D eigenvalue weighted by molar-refractivity contribution is 6.11. The molecule has 2 aliphatic rings. The molecule has 2 aromatic rings. The average molecular weight is 423 g/mol. The van der Waals surface area contributed by atoms with Gasteiger partial charge in [-0.2, -0.15) is 0 Å². The summed E-state index contributed by atoms with van der Waals surface area (Å²) in [6.45, 7) is 5.80. The van der Waals surface area contributed by atoms with Crippen molar-refractivity contribution in [3.8, 4) is 0 Å². The fourth-order valence-corrected chi connectivity index (χ4v) is 4.87. The standard InChI is InChI=1S/C25H30N2O4/c1-3-31-22(28)16-27-17(2)23(20-8-4-5-9-21(20)27)24(29)18-10-12-19(13-11-18)25(30)26-14-6-7-15-26/h10-13H,3-9,14-16H2,1-2H3. The molecular formula is C25H30N2O4. The normalized spacial score (nSPS) is 15.6. The number of carbonyl (C=O) groups excluding carboxylic acids is 3. The first-order valence-corrected chi connectivity index (χ1v) is 11.3. The number of rotatable bonds is 6. The molecular weight excluding hydrogens is 392 g/mol. The van der Waals surface area contributed by atoms with E-state index in [1.54, 1.807) is 31.2 Å². The predicted molar refractivity (Wildman–Crippen MR) is 117 cm³/mol. The average Bonchev–Trinajstić information content (AvgIpc) is 3.41. The number of ether oxygens (including phenoxy) is 1. The van der Waals surface area contributed by atoms with Gasteiger partial charge in [0.25, 0.3) is 5.91 Å². The molecule has 1 aromatic heterocycles. The molecule has 164 valence electrons. The molecule has 6 nitrogen and oxygen atoms in total. The minimum absolute atomic E-state index is 0.0330. The summed E-state index contributed by atoms with van der Waals surface area (Å²) >= 11 is 0. The Bertz CT molecular complexity index is 998. The third-order valence-corrected chi connectivity index (χ3v) is 6.44. The Morgan fingerprint density at radius 2 is 1.58 bits per heavy atom. The minimum Gasteiger partial charge on any atom is -0.465 e. The van der Waals surface area contributed by atoms with E-state index in [9.17, 15) is 14.4 Å². The largest absolute Gasteiger partial charge is 0.465 e. The number of nitrogens with zero attached hydrogens (tertiary/aromatic N) is 2. The highest BCUT2D eigenvalue weighted by Crippen LogP contribution is 2.32. The predicted octanol–water partition coefficient (Wildman–Crippen LogP) is 3.71. The molecule has 0 radical (unpaired) electrons. The van der Waals surface area contributed by atoms with E-state index in [2.05, 4.69) is 0 Å². The van der Waals surface area contributed by atoms with Crippen LogP contribution in [0, 0.1) is 6.92 Å².